The summed E-state index contributed by atoms with van der Waals surface area (Å²) in [5.74, 6) is 0.532. The van der Waals surface area contributed by atoms with Crippen molar-refractivity contribution in [1.82, 2.24) is 0 Å². The lowest BCUT2D eigenvalue weighted by atomic mass is 9.98. The van der Waals surface area contributed by atoms with Crippen molar-refractivity contribution in [3.8, 4) is 0 Å². The Morgan fingerprint density at radius 1 is 1.45 bits per heavy atom. The number of anilines is 2. The number of nitrogen functional groups attached to an aromatic ring is 1. The summed E-state index contributed by atoms with van der Waals surface area (Å²) < 4.78 is 5.04. The van der Waals surface area contributed by atoms with E-state index in [1.807, 2.05) is 13.0 Å². The van der Waals surface area contributed by atoms with Gasteiger partial charge in [0.05, 0.1) is 17.3 Å². The number of carbonyl (C=O) groups excluding carboxylic acids is 1. The quantitative estimate of drug-likeness (QED) is 0.864. The molecular weight excluding hydrogens is 272 g/mol. The Balaban J connectivity index is 2.09. The van der Waals surface area contributed by atoms with Crippen molar-refractivity contribution in [1.29, 1.82) is 0 Å². The smallest absolute Gasteiger partial charge is 0.350 e. The molecule has 1 aromatic heterocycles. The van der Waals surface area contributed by atoms with Crippen LogP contribution in [0.4, 0.5) is 10.7 Å². The van der Waals surface area contributed by atoms with Crippen LogP contribution in [0.15, 0.2) is 6.07 Å². The second kappa shape index (κ2) is 6.97. The largest absolute Gasteiger partial charge is 0.462 e. The van der Waals surface area contributed by atoms with Gasteiger partial charge in [0.2, 0.25) is 0 Å². The molecule has 0 amide bonds. The first-order valence-electron chi connectivity index (χ1n) is 7.47. The minimum Gasteiger partial charge on any atom is -0.462 e. The summed E-state index contributed by atoms with van der Waals surface area (Å²) in [7, 11) is 0. The van der Waals surface area contributed by atoms with E-state index < -0.39 is 0 Å². The molecule has 2 rings (SSSR count). The second-order valence-electron chi connectivity index (χ2n) is 5.28. The molecule has 0 spiro atoms. The molecule has 1 aliphatic rings. The van der Waals surface area contributed by atoms with E-state index in [1.54, 1.807) is 0 Å². The van der Waals surface area contributed by atoms with Crippen LogP contribution in [0.3, 0.4) is 0 Å². The molecule has 2 N–H and O–H groups in total. The van der Waals surface area contributed by atoms with Crippen molar-refractivity contribution >= 4 is 28.0 Å². The summed E-state index contributed by atoms with van der Waals surface area (Å²) in [6.07, 6.45) is 5.00. The normalized spacial score (nSPS) is 19.7. The molecule has 1 saturated heterocycles. The molecule has 5 heteroatoms. The van der Waals surface area contributed by atoms with Gasteiger partial charge in [0.25, 0.3) is 0 Å². The van der Waals surface area contributed by atoms with Gasteiger partial charge in [-0.15, -0.1) is 11.3 Å². The molecule has 1 fully saturated rings. The van der Waals surface area contributed by atoms with Crippen LogP contribution in [0.1, 0.15) is 49.2 Å². The summed E-state index contributed by atoms with van der Waals surface area (Å²) in [4.78, 5) is 14.7. The highest BCUT2D eigenvalue weighted by atomic mass is 32.1. The highest BCUT2D eigenvalue weighted by Crippen LogP contribution is 2.34. The van der Waals surface area contributed by atoms with E-state index in [-0.39, 0.29) is 5.97 Å². The Morgan fingerprint density at radius 3 is 2.95 bits per heavy atom. The average Bonchev–Trinajstić information content (AvgIpc) is 2.68. The zero-order valence-corrected chi connectivity index (χ0v) is 13.2. The fourth-order valence-electron chi connectivity index (χ4n) is 2.70. The lowest BCUT2D eigenvalue weighted by molar-refractivity contribution is 0.0533. The number of hydrogen-bond acceptors (Lipinski definition) is 5. The SMILES string of the molecule is CCOC(=O)c1sc(N2CCCC(CC)CC2)cc1N. The highest BCUT2D eigenvalue weighted by Gasteiger charge is 2.21. The van der Waals surface area contributed by atoms with Gasteiger partial charge < -0.3 is 15.4 Å². The van der Waals surface area contributed by atoms with Gasteiger partial charge in [-0.2, -0.15) is 0 Å². The lowest BCUT2D eigenvalue weighted by Gasteiger charge is -2.20. The van der Waals surface area contributed by atoms with Gasteiger partial charge in [0.15, 0.2) is 0 Å². The summed E-state index contributed by atoms with van der Waals surface area (Å²) in [5.41, 5.74) is 6.50. The van der Waals surface area contributed by atoms with E-state index in [4.69, 9.17) is 10.5 Å². The van der Waals surface area contributed by atoms with Gasteiger partial charge in [-0.1, -0.05) is 13.3 Å². The molecule has 1 atom stereocenters. The Labute approximate surface area is 124 Å². The van der Waals surface area contributed by atoms with E-state index in [1.165, 1.54) is 37.0 Å². The lowest BCUT2D eigenvalue weighted by Crippen LogP contribution is -2.23. The first kappa shape index (κ1) is 15.2. The molecule has 0 saturated carbocycles. The Bertz CT molecular complexity index is 459. The molecule has 0 bridgehead atoms. The molecule has 1 aromatic rings. The zero-order valence-electron chi connectivity index (χ0n) is 12.4. The van der Waals surface area contributed by atoms with Crippen LogP contribution in [0.25, 0.3) is 0 Å². The van der Waals surface area contributed by atoms with Crippen LogP contribution in [-0.4, -0.2) is 25.7 Å². The Hall–Kier alpha value is -1.23. The van der Waals surface area contributed by atoms with Crippen LogP contribution in [-0.2, 0) is 4.74 Å². The van der Waals surface area contributed by atoms with Crippen LogP contribution in [0.5, 0.6) is 0 Å². The van der Waals surface area contributed by atoms with E-state index in [0.717, 1.165) is 24.0 Å². The van der Waals surface area contributed by atoms with Gasteiger partial charge in [0.1, 0.15) is 4.88 Å². The highest BCUT2D eigenvalue weighted by molar-refractivity contribution is 7.18. The maximum absolute atomic E-state index is 11.8. The van der Waals surface area contributed by atoms with Crippen molar-refractivity contribution in [3.05, 3.63) is 10.9 Å². The summed E-state index contributed by atoms with van der Waals surface area (Å²) in [6, 6.07) is 1.92. The zero-order chi connectivity index (χ0) is 14.5. The van der Waals surface area contributed by atoms with Crippen LogP contribution in [0.2, 0.25) is 0 Å². The Kier molecular flexibility index (Phi) is 5.29. The van der Waals surface area contributed by atoms with E-state index in [9.17, 15) is 4.79 Å². The van der Waals surface area contributed by atoms with Gasteiger partial charge in [-0.05, 0) is 38.2 Å². The van der Waals surface area contributed by atoms with E-state index in [2.05, 4.69) is 11.8 Å². The van der Waals surface area contributed by atoms with Gasteiger partial charge in [-0.25, -0.2) is 4.79 Å². The predicted molar refractivity (Wildman–Crippen MR) is 84.5 cm³/mol. The number of rotatable bonds is 4. The molecule has 112 valence electrons. The van der Waals surface area contributed by atoms with E-state index in [0.29, 0.717) is 17.2 Å². The number of carbonyl (C=O) groups is 1. The predicted octanol–water partition coefficient (Wildman–Crippen LogP) is 3.52. The molecule has 2 heterocycles. The Morgan fingerprint density at radius 2 is 2.25 bits per heavy atom. The molecule has 1 unspecified atom stereocenters. The van der Waals surface area contributed by atoms with Crippen molar-refractivity contribution in [2.75, 3.05) is 30.3 Å². The third-order valence-electron chi connectivity index (χ3n) is 3.95. The second-order valence-corrected chi connectivity index (χ2v) is 6.31. The minimum absolute atomic E-state index is 0.303. The molecule has 0 aliphatic carbocycles. The number of nitrogens with two attached hydrogens (primary N) is 1. The summed E-state index contributed by atoms with van der Waals surface area (Å²) >= 11 is 1.46. The third kappa shape index (κ3) is 3.45. The van der Waals surface area contributed by atoms with Crippen molar-refractivity contribution in [2.45, 2.75) is 39.5 Å². The van der Waals surface area contributed by atoms with Gasteiger partial charge >= 0.3 is 5.97 Å². The topological polar surface area (TPSA) is 55.6 Å². The first-order valence-corrected chi connectivity index (χ1v) is 8.28. The van der Waals surface area contributed by atoms with Crippen molar-refractivity contribution in [2.24, 2.45) is 5.92 Å². The van der Waals surface area contributed by atoms with E-state index >= 15 is 0 Å². The van der Waals surface area contributed by atoms with Crippen LogP contribution in [0, 0.1) is 5.92 Å². The molecule has 0 radical (unpaired) electrons. The monoisotopic (exact) mass is 296 g/mol. The number of thiophene rings is 1. The fourth-order valence-corrected chi connectivity index (χ4v) is 3.72. The van der Waals surface area contributed by atoms with Crippen molar-refractivity contribution < 1.29 is 9.53 Å². The fraction of sp³-hybridized carbons (Fsp3) is 0.667. The first-order chi connectivity index (χ1) is 9.65. The van der Waals surface area contributed by atoms with Gasteiger partial charge in [-0.3, -0.25) is 0 Å². The number of ether oxygens (including phenoxy) is 1. The minimum atomic E-state index is -0.303. The number of hydrogen-bond donors (Lipinski definition) is 1. The molecule has 20 heavy (non-hydrogen) atoms. The molecular formula is C15H24N2O2S. The van der Waals surface area contributed by atoms with Gasteiger partial charge in [0, 0.05) is 13.1 Å². The average molecular weight is 296 g/mol. The molecule has 1 aliphatic heterocycles. The summed E-state index contributed by atoms with van der Waals surface area (Å²) in [6.45, 7) is 6.57. The van der Waals surface area contributed by atoms with Crippen molar-refractivity contribution in [3.63, 3.8) is 0 Å². The molecule has 4 nitrogen and oxygen atoms in total. The molecule has 0 aromatic carbocycles. The maximum atomic E-state index is 11.8. The number of esters is 1. The standard InChI is InChI=1S/C15H24N2O2S/c1-3-11-6-5-8-17(9-7-11)13-10-12(16)14(20-13)15(18)19-4-2/h10-11H,3-9,16H2,1-2H3. The maximum Gasteiger partial charge on any atom is 0.350 e. The summed E-state index contributed by atoms with van der Waals surface area (Å²) in [5, 5.41) is 1.10. The van der Waals surface area contributed by atoms with Crippen LogP contribution < -0.4 is 10.6 Å². The van der Waals surface area contributed by atoms with Crippen LogP contribution >= 0.6 is 11.3 Å². The number of nitrogens with zero attached hydrogens (tertiary/aromatic N) is 1. The third-order valence-corrected chi connectivity index (χ3v) is 5.14.